The normalized spacial score (nSPS) is 14.5. The van der Waals surface area contributed by atoms with Crippen LogP contribution in [0.25, 0.3) is 0 Å². The number of methoxy groups -OCH3 is 1. The van der Waals surface area contributed by atoms with Crippen LogP contribution < -0.4 is 4.74 Å². The fourth-order valence-electron chi connectivity index (χ4n) is 2.98. The Labute approximate surface area is 143 Å². The molecule has 0 N–H and O–H groups in total. The van der Waals surface area contributed by atoms with Crippen LogP contribution in [0.2, 0.25) is 0 Å². The largest absolute Gasteiger partial charge is 0.496 e. The summed E-state index contributed by atoms with van der Waals surface area (Å²) in [6.45, 7) is 8.24. The molecule has 0 aliphatic carbocycles. The number of nitrogens with zero attached hydrogens (tertiary/aromatic N) is 2. The van der Waals surface area contributed by atoms with Gasteiger partial charge in [0.2, 0.25) is 5.91 Å². The number of carbonyl (C=O) groups is 2. The fraction of sp³-hybridized carbons (Fsp3) is 0.556. The number of carbonyl (C=O) groups excluding carboxylic acids is 2. The van der Waals surface area contributed by atoms with E-state index in [1.54, 1.807) is 23.8 Å². The monoisotopic (exact) mass is 334 g/mol. The van der Waals surface area contributed by atoms with Crippen molar-refractivity contribution in [2.45, 2.75) is 27.2 Å². The summed E-state index contributed by atoms with van der Waals surface area (Å²) in [6, 6.07) is 4.01. The zero-order valence-electron chi connectivity index (χ0n) is 14.9. The minimum Gasteiger partial charge on any atom is -0.496 e. The molecule has 1 aromatic rings. The van der Waals surface area contributed by atoms with Crippen molar-refractivity contribution in [1.82, 2.24) is 9.80 Å². The Morgan fingerprint density at radius 2 is 1.71 bits per heavy atom. The molecule has 0 atom stereocenters. The van der Waals surface area contributed by atoms with Crippen molar-refractivity contribution in [3.63, 3.8) is 0 Å². The van der Waals surface area contributed by atoms with Gasteiger partial charge in [0.05, 0.1) is 20.1 Å². The summed E-state index contributed by atoms with van der Waals surface area (Å²) in [5.74, 6) is 0.815. The molecule has 0 spiro atoms. The second kappa shape index (κ2) is 8.04. The van der Waals surface area contributed by atoms with Crippen LogP contribution in [0.3, 0.4) is 0 Å². The number of hydrogen-bond donors (Lipinski definition) is 0. The lowest BCUT2D eigenvalue weighted by Gasteiger charge is -2.34. The maximum absolute atomic E-state index is 12.6. The zero-order chi connectivity index (χ0) is 17.7. The van der Waals surface area contributed by atoms with Crippen LogP contribution >= 0.6 is 0 Å². The van der Waals surface area contributed by atoms with E-state index in [0.717, 1.165) is 22.4 Å². The molecule has 1 aromatic carbocycles. The topological polar surface area (TPSA) is 59.1 Å². The zero-order valence-corrected chi connectivity index (χ0v) is 14.9. The molecule has 1 fully saturated rings. The lowest BCUT2D eigenvalue weighted by Crippen LogP contribution is -2.51. The van der Waals surface area contributed by atoms with Gasteiger partial charge in [-0.3, -0.25) is 4.79 Å². The second-order valence-corrected chi connectivity index (χ2v) is 6.01. The van der Waals surface area contributed by atoms with Gasteiger partial charge in [-0.15, -0.1) is 0 Å². The number of hydrogen-bond acceptors (Lipinski definition) is 4. The minimum atomic E-state index is -0.305. The lowest BCUT2D eigenvalue weighted by atomic mass is 10.0. The van der Waals surface area contributed by atoms with Crippen LogP contribution in [0.1, 0.15) is 23.6 Å². The summed E-state index contributed by atoms with van der Waals surface area (Å²) >= 11 is 0. The van der Waals surface area contributed by atoms with Crippen LogP contribution in [0.4, 0.5) is 4.79 Å². The van der Waals surface area contributed by atoms with Crippen molar-refractivity contribution in [1.29, 1.82) is 0 Å². The number of piperazine rings is 1. The van der Waals surface area contributed by atoms with Crippen molar-refractivity contribution in [2.24, 2.45) is 0 Å². The third-order valence-corrected chi connectivity index (χ3v) is 4.28. The Bertz CT molecular complexity index is 607. The van der Waals surface area contributed by atoms with E-state index in [0.29, 0.717) is 39.2 Å². The summed E-state index contributed by atoms with van der Waals surface area (Å²) in [4.78, 5) is 27.8. The van der Waals surface area contributed by atoms with Gasteiger partial charge in [-0.25, -0.2) is 4.79 Å². The molecule has 1 aliphatic heterocycles. The Kier molecular flexibility index (Phi) is 6.06. The molecule has 1 heterocycles. The van der Waals surface area contributed by atoms with Gasteiger partial charge in [0, 0.05) is 31.7 Å². The van der Waals surface area contributed by atoms with E-state index in [2.05, 4.69) is 6.07 Å². The number of aryl methyl sites for hydroxylation is 2. The average molecular weight is 334 g/mol. The van der Waals surface area contributed by atoms with Crippen LogP contribution in [-0.2, 0) is 16.0 Å². The van der Waals surface area contributed by atoms with Crippen molar-refractivity contribution in [3.05, 3.63) is 28.8 Å². The van der Waals surface area contributed by atoms with Crippen molar-refractivity contribution in [2.75, 3.05) is 39.9 Å². The molecule has 1 aliphatic rings. The number of ether oxygens (including phenoxy) is 2. The first-order chi connectivity index (χ1) is 11.5. The molecular weight excluding hydrogens is 308 g/mol. The van der Waals surface area contributed by atoms with Gasteiger partial charge >= 0.3 is 6.09 Å². The van der Waals surface area contributed by atoms with Gasteiger partial charge < -0.3 is 19.3 Å². The van der Waals surface area contributed by atoms with Crippen LogP contribution in [0.5, 0.6) is 5.75 Å². The van der Waals surface area contributed by atoms with Crippen LogP contribution in [-0.4, -0.2) is 61.7 Å². The van der Waals surface area contributed by atoms with Gasteiger partial charge in [0.25, 0.3) is 0 Å². The predicted molar refractivity (Wildman–Crippen MR) is 91.3 cm³/mol. The third kappa shape index (κ3) is 4.19. The Hall–Kier alpha value is -2.24. The fourth-order valence-corrected chi connectivity index (χ4v) is 2.98. The van der Waals surface area contributed by atoms with E-state index < -0.39 is 0 Å². The van der Waals surface area contributed by atoms with Crippen LogP contribution in [0.15, 0.2) is 12.1 Å². The summed E-state index contributed by atoms with van der Waals surface area (Å²) in [5, 5.41) is 0. The smallest absolute Gasteiger partial charge is 0.409 e. The number of rotatable bonds is 4. The Balaban J connectivity index is 1.99. The summed E-state index contributed by atoms with van der Waals surface area (Å²) in [7, 11) is 1.63. The number of benzene rings is 1. The average Bonchev–Trinajstić information content (AvgIpc) is 2.57. The van der Waals surface area contributed by atoms with E-state index >= 15 is 0 Å². The highest BCUT2D eigenvalue weighted by atomic mass is 16.6. The molecule has 6 nitrogen and oxygen atoms in total. The molecule has 0 bridgehead atoms. The van der Waals surface area contributed by atoms with Crippen LogP contribution in [0, 0.1) is 13.8 Å². The maximum atomic E-state index is 12.6. The molecule has 2 rings (SSSR count). The molecular formula is C18H26N2O4. The van der Waals surface area contributed by atoms with Gasteiger partial charge in [-0.05, 0) is 38.0 Å². The van der Waals surface area contributed by atoms with Crippen molar-refractivity contribution >= 4 is 12.0 Å². The lowest BCUT2D eigenvalue weighted by molar-refractivity contribution is -0.132. The first-order valence-electron chi connectivity index (χ1n) is 8.29. The standard InChI is InChI=1S/C18H26N2O4/c1-5-24-18(22)20-8-6-19(7-9-20)17(21)12-15-14(3)10-13(2)11-16(15)23-4/h10-11H,5-9,12H2,1-4H3. The molecule has 0 unspecified atom stereocenters. The third-order valence-electron chi connectivity index (χ3n) is 4.28. The Morgan fingerprint density at radius 3 is 2.29 bits per heavy atom. The first-order valence-corrected chi connectivity index (χ1v) is 8.29. The number of amides is 2. The predicted octanol–water partition coefficient (Wildman–Crippen LogP) is 2.16. The van der Waals surface area contributed by atoms with Crippen molar-refractivity contribution in [3.8, 4) is 5.75 Å². The van der Waals surface area contributed by atoms with E-state index in [1.807, 2.05) is 19.9 Å². The van der Waals surface area contributed by atoms with E-state index in [4.69, 9.17) is 9.47 Å². The first kappa shape index (κ1) is 18.1. The van der Waals surface area contributed by atoms with Crippen molar-refractivity contribution < 1.29 is 19.1 Å². The summed E-state index contributed by atoms with van der Waals surface area (Å²) in [5.41, 5.74) is 3.11. The quantitative estimate of drug-likeness (QED) is 0.847. The van der Waals surface area contributed by atoms with E-state index in [1.165, 1.54) is 0 Å². The molecule has 1 saturated heterocycles. The highest BCUT2D eigenvalue weighted by molar-refractivity contribution is 5.80. The Morgan fingerprint density at radius 1 is 1.08 bits per heavy atom. The summed E-state index contributed by atoms with van der Waals surface area (Å²) < 4.78 is 10.4. The molecule has 24 heavy (non-hydrogen) atoms. The highest BCUT2D eigenvalue weighted by Gasteiger charge is 2.25. The molecule has 6 heteroatoms. The van der Waals surface area contributed by atoms with Gasteiger partial charge in [-0.1, -0.05) is 6.07 Å². The highest BCUT2D eigenvalue weighted by Crippen LogP contribution is 2.25. The van der Waals surface area contributed by atoms with Gasteiger partial charge in [-0.2, -0.15) is 0 Å². The second-order valence-electron chi connectivity index (χ2n) is 6.01. The molecule has 0 saturated carbocycles. The molecule has 0 radical (unpaired) electrons. The summed E-state index contributed by atoms with van der Waals surface area (Å²) in [6.07, 6.45) is 0.00922. The molecule has 2 amide bonds. The molecule has 132 valence electrons. The van der Waals surface area contributed by atoms with Gasteiger partial charge in [0.15, 0.2) is 0 Å². The SMILES string of the molecule is CCOC(=O)N1CCN(C(=O)Cc2c(C)cc(C)cc2OC)CC1. The minimum absolute atomic E-state index is 0.0590. The van der Waals surface area contributed by atoms with E-state index in [9.17, 15) is 9.59 Å². The van der Waals surface area contributed by atoms with E-state index in [-0.39, 0.29) is 12.0 Å². The maximum Gasteiger partial charge on any atom is 0.409 e. The molecule has 0 aromatic heterocycles. The van der Waals surface area contributed by atoms with Gasteiger partial charge in [0.1, 0.15) is 5.75 Å².